The van der Waals surface area contributed by atoms with Crippen molar-refractivity contribution in [2.24, 2.45) is 11.3 Å². The van der Waals surface area contributed by atoms with Gasteiger partial charge in [-0.25, -0.2) is 0 Å². The number of hydrogen-bond donors (Lipinski definition) is 0. The average Bonchev–Trinajstić information content (AvgIpc) is 2.67. The molecular formula is C28H49N. The molecule has 0 spiro atoms. The third kappa shape index (κ3) is 11.2. The van der Waals surface area contributed by atoms with Crippen molar-refractivity contribution >= 4 is 5.57 Å². The van der Waals surface area contributed by atoms with Crippen LogP contribution in [0.4, 0.5) is 0 Å². The minimum Gasteiger partial charge on any atom is -0.253 e. The Hall–Kier alpha value is -1.63. The van der Waals surface area contributed by atoms with E-state index >= 15 is 0 Å². The molecular weight excluding hydrogens is 350 g/mol. The van der Waals surface area contributed by atoms with Gasteiger partial charge in [0, 0.05) is 5.69 Å². The minimum atomic E-state index is 0.0870. The number of hydrogen-bond acceptors (Lipinski definition) is 1. The molecule has 1 unspecified atom stereocenters. The van der Waals surface area contributed by atoms with Crippen molar-refractivity contribution in [2.45, 2.75) is 102 Å². The number of aromatic nitrogens is 1. The van der Waals surface area contributed by atoms with Crippen LogP contribution in [-0.2, 0) is 0 Å². The van der Waals surface area contributed by atoms with Crippen LogP contribution in [0.2, 0.25) is 0 Å². The van der Waals surface area contributed by atoms with Gasteiger partial charge in [-0.05, 0) is 67.4 Å². The van der Waals surface area contributed by atoms with Crippen LogP contribution in [0, 0.1) is 32.1 Å². The van der Waals surface area contributed by atoms with Gasteiger partial charge < -0.3 is 0 Å². The van der Waals surface area contributed by atoms with E-state index in [0.717, 1.165) is 22.9 Å². The fraction of sp³-hybridized carbons (Fsp3) is 0.607. The third-order valence-electron chi connectivity index (χ3n) is 5.12. The SMILES string of the molecule is C=C/C(=C\C(=C/C)c1nc(C)c(C)cc1C)C(C)(C)C.CC.CCCC(C)CC. The van der Waals surface area contributed by atoms with E-state index in [9.17, 15) is 0 Å². The summed E-state index contributed by atoms with van der Waals surface area (Å²) >= 11 is 0. The van der Waals surface area contributed by atoms with E-state index in [0.29, 0.717) is 0 Å². The van der Waals surface area contributed by atoms with Gasteiger partial charge in [-0.3, -0.25) is 4.98 Å². The molecule has 1 aromatic rings. The normalized spacial score (nSPS) is 13.0. The van der Waals surface area contributed by atoms with Crippen LogP contribution < -0.4 is 0 Å². The fourth-order valence-corrected chi connectivity index (χ4v) is 2.87. The molecule has 1 rings (SSSR count). The lowest BCUT2D eigenvalue weighted by molar-refractivity contribution is 0.509. The Kier molecular flexibility index (Phi) is 15.5. The first-order valence-corrected chi connectivity index (χ1v) is 11.5. The van der Waals surface area contributed by atoms with Gasteiger partial charge in [0.15, 0.2) is 0 Å². The molecule has 29 heavy (non-hydrogen) atoms. The predicted octanol–water partition coefficient (Wildman–Crippen LogP) is 9.43. The zero-order valence-corrected chi connectivity index (χ0v) is 21.7. The van der Waals surface area contributed by atoms with Crippen molar-refractivity contribution in [3.63, 3.8) is 0 Å². The van der Waals surface area contributed by atoms with Crippen molar-refractivity contribution in [2.75, 3.05) is 0 Å². The van der Waals surface area contributed by atoms with E-state index in [1.165, 1.54) is 36.0 Å². The number of rotatable bonds is 6. The van der Waals surface area contributed by atoms with Crippen molar-refractivity contribution in [3.05, 3.63) is 59.0 Å². The zero-order chi connectivity index (χ0) is 23.2. The molecule has 0 bridgehead atoms. The quantitative estimate of drug-likeness (QED) is 0.434. The molecule has 0 N–H and O–H groups in total. The minimum absolute atomic E-state index is 0.0870. The van der Waals surface area contributed by atoms with Crippen LogP contribution >= 0.6 is 0 Å². The van der Waals surface area contributed by atoms with Crippen LogP contribution in [0.15, 0.2) is 36.4 Å². The summed E-state index contributed by atoms with van der Waals surface area (Å²) < 4.78 is 0. The summed E-state index contributed by atoms with van der Waals surface area (Å²) in [4.78, 5) is 4.77. The molecule has 1 nitrogen and oxygen atoms in total. The van der Waals surface area contributed by atoms with Crippen LogP contribution in [0.1, 0.15) is 104 Å². The summed E-state index contributed by atoms with van der Waals surface area (Å²) in [6.45, 7) is 29.7. The van der Waals surface area contributed by atoms with Gasteiger partial charge in [-0.2, -0.15) is 0 Å². The van der Waals surface area contributed by atoms with Crippen LogP contribution in [0.5, 0.6) is 0 Å². The van der Waals surface area contributed by atoms with Gasteiger partial charge in [0.25, 0.3) is 0 Å². The Bertz CT molecular complexity index is 654. The lowest BCUT2D eigenvalue weighted by atomic mass is 9.84. The summed E-state index contributed by atoms with van der Waals surface area (Å²) in [5.74, 6) is 0.949. The second-order valence-electron chi connectivity index (χ2n) is 8.66. The van der Waals surface area contributed by atoms with Crippen LogP contribution in [-0.4, -0.2) is 4.98 Å². The summed E-state index contributed by atoms with van der Waals surface area (Å²) in [7, 11) is 0. The number of pyridine rings is 1. The van der Waals surface area contributed by atoms with Gasteiger partial charge in [-0.1, -0.05) is 99.4 Å². The van der Waals surface area contributed by atoms with Gasteiger partial charge in [0.1, 0.15) is 0 Å². The first kappa shape index (κ1) is 29.6. The number of allylic oxidation sites excluding steroid dienone is 5. The summed E-state index contributed by atoms with van der Waals surface area (Å²) in [5.41, 5.74) is 7.10. The fourth-order valence-electron chi connectivity index (χ4n) is 2.87. The Morgan fingerprint density at radius 1 is 1.10 bits per heavy atom. The van der Waals surface area contributed by atoms with Crippen molar-refractivity contribution in [1.82, 2.24) is 4.98 Å². The van der Waals surface area contributed by atoms with Crippen LogP contribution in [0.3, 0.4) is 0 Å². The highest BCUT2D eigenvalue weighted by atomic mass is 14.7. The lowest BCUT2D eigenvalue weighted by Crippen LogP contribution is -2.08. The molecule has 166 valence electrons. The van der Waals surface area contributed by atoms with Gasteiger partial charge in [0.05, 0.1) is 5.69 Å². The number of nitrogens with zero attached hydrogens (tertiary/aromatic N) is 1. The molecule has 0 saturated carbocycles. The van der Waals surface area contributed by atoms with E-state index in [1.807, 2.05) is 19.9 Å². The molecule has 0 amide bonds. The van der Waals surface area contributed by atoms with Crippen molar-refractivity contribution in [1.29, 1.82) is 0 Å². The van der Waals surface area contributed by atoms with Gasteiger partial charge in [-0.15, -0.1) is 0 Å². The summed E-state index contributed by atoms with van der Waals surface area (Å²) in [6.07, 6.45) is 10.4. The maximum Gasteiger partial charge on any atom is 0.0731 e. The van der Waals surface area contributed by atoms with Crippen molar-refractivity contribution < 1.29 is 0 Å². The third-order valence-corrected chi connectivity index (χ3v) is 5.12. The molecule has 1 atom stereocenters. The maximum atomic E-state index is 4.77. The molecule has 1 heteroatoms. The molecule has 0 aromatic carbocycles. The molecule has 0 saturated heterocycles. The highest BCUT2D eigenvalue weighted by molar-refractivity contribution is 5.75. The first-order chi connectivity index (χ1) is 13.5. The van der Waals surface area contributed by atoms with E-state index in [-0.39, 0.29) is 5.41 Å². The molecule has 0 fully saturated rings. The van der Waals surface area contributed by atoms with Gasteiger partial charge in [0.2, 0.25) is 0 Å². The highest BCUT2D eigenvalue weighted by Crippen LogP contribution is 2.30. The Labute approximate surface area is 183 Å². The van der Waals surface area contributed by atoms with E-state index in [4.69, 9.17) is 4.98 Å². The highest BCUT2D eigenvalue weighted by Gasteiger charge is 2.16. The van der Waals surface area contributed by atoms with Crippen molar-refractivity contribution in [3.8, 4) is 0 Å². The first-order valence-electron chi connectivity index (χ1n) is 11.5. The Morgan fingerprint density at radius 3 is 2.00 bits per heavy atom. The lowest BCUT2D eigenvalue weighted by Gasteiger charge is -2.21. The Balaban J connectivity index is 0. The van der Waals surface area contributed by atoms with E-state index in [1.54, 1.807) is 0 Å². The summed E-state index contributed by atoms with van der Waals surface area (Å²) in [5, 5.41) is 0. The largest absolute Gasteiger partial charge is 0.253 e. The molecule has 0 aliphatic heterocycles. The topological polar surface area (TPSA) is 12.9 Å². The number of aryl methyl sites for hydroxylation is 3. The van der Waals surface area contributed by atoms with Gasteiger partial charge >= 0.3 is 0 Å². The monoisotopic (exact) mass is 399 g/mol. The van der Waals surface area contributed by atoms with E-state index in [2.05, 4.69) is 94.0 Å². The standard InChI is InChI=1S/C19H27N.C7H16.C2H6/c1-9-16(12-17(10-2)19(6,7)8)18-14(4)11-13(3)15(5)20-18;1-4-6-7(3)5-2;1-2/h9-12H,2H2,1,3-8H3;7H,4-6H2,1-3H3;1-2H3/b16-9+,17-12+;;. The average molecular weight is 400 g/mol. The zero-order valence-electron chi connectivity index (χ0n) is 21.7. The Morgan fingerprint density at radius 2 is 1.66 bits per heavy atom. The predicted molar refractivity (Wildman–Crippen MR) is 136 cm³/mol. The second-order valence-corrected chi connectivity index (χ2v) is 8.66. The molecule has 0 aliphatic carbocycles. The van der Waals surface area contributed by atoms with Crippen LogP contribution in [0.25, 0.3) is 5.57 Å². The molecule has 0 radical (unpaired) electrons. The maximum absolute atomic E-state index is 4.77. The molecule has 1 heterocycles. The summed E-state index contributed by atoms with van der Waals surface area (Å²) in [6, 6.07) is 2.21. The molecule has 1 aromatic heterocycles. The second kappa shape index (κ2) is 15.2. The molecule has 0 aliphatic rings. The smallest absolute Gasteiger partial charge is 0.0731 e. The van der Waals surface area contributed by atoms with E-state index < -0.39 is 0 Å².